The number of esters is 1. The molecule has 0 aliphatic rings. The molecule has 2 aromatic carbocycles. The maximum absolute atomic E-state index is 12.8. The van der Waals surface area contributed by atoms with Crippen LogP contribution in [0.5, 0.6) is 5.75 Å². The fourth-order valence-electron chi connectivity index (χ4n) is 2.25. The minimum absolute atomic E-state index is 0.0173. The fourth-order valence-corrected chi connectivity index (χ4v) is 3.77. The summed E-state index contributed by atoms with van der Waals surface area (Å²) < 4.78 is 31.3. The SMILES string of the molecule is CC(=O)Oc1ccc(N(C(C)=O)S(=O)(=O)c2ccccc2)c(C)c1. The first kappa shape index (κ1) is 17.7. The van der Waals surface area contributed by atoms with E-state index in [4.69, 9.17) is 4.74 Å². The van der Waals surface area contributed by atoms with E-state index in [9.17, 15) is 18.0 Å². The Labute approximate surface area is 140 Å². The Kier molecular flexibility index (Phi) is 5.04. The van der Waals surface area contributed by atoms with Crippen LogP contribution in [0.2, 0.25) is 0 Å². The molecular weight excluding hydrogens is 330 g/mol. The van der Waals surface area contributed by atoms with Crippen LogP contribution in [0, 0.1) is 6.92 Å². The molecule has 2 aromatic rings. The summed E-state index contributed by atoms with van der Waals surface area (Å²) in [6, 6.07) is 12.1. The number of amides is 1. The maximum atomic E-state index is 12.8. The third-order valence-electron chi connectivity index (χ3n) is 3.22. The Morgan fingerprint density at radius 2 is 1.62 bits per heavy atom. The number of anilines is 1. The van der Waals surface area contributed by atoms with Gasteiger partial charge in [0.15, 0.2) is 0 Å². The zero-order chi connectivity index (χ0) is 17.9. The molecule has 0 radical (unpaired) electrons. The normalized spacial score (nSPS) is 11.0. The minimum atomic E-state index is -4.04. The van der Waals surface area contributed by atoms with Gasteiger partial charge in [0.1, 0.15) is 5.75 Å². The highest BCUT2D eigenvalue weighted by atomic mass is 32.2. The van der Waals surface area contributed by atoms with Crippen LogP contribution in [-0.2, 0) is 19.6 Å². The highest BCUT2D eigenvalue weighted by molar-refractivity contribution is 7.93. The van der Waals surface area contributed by atoms with E-state index in [0.29, 0.717) is 5.56 Å². The number of nitrogens with zero attached hydrogens (tertiary/aromatic N) is 1. The first-order chi connectivity index (χ1) is 11.2. The molecule has 1 amide bonds. The average Bonchev–Trinajstić information content (AvgIpc) is 2.49. The number of hydrogen-bond acceptors (Lipinski definition) is 5. The quantitative estimate of drug-likeness (QED) is 0.627. The van der Waals surface area contributed by atoms with Crippen LogP contribution in [0.4, 0.5) is 5.69 Å². The molecule has 0 unspecified atom stereocenters. The molecule has 126 valence electrons. The zero-order valence-electron chi connectivity index (χ0n) is 13.5. The van der Waals surface area contributed by atoms with Crippen molar-refractivity contribution in [3.8, 4) is 5.75 Å². The highest BCUT2D eigenvalue weighted by Gasteiger charge is 2.29. The first-order valence-corrected chi connectivity index (χ1v) is 8.57. The van der Waals surface area contributed by atoms with Crippen molar-refractivity contribution in [2.75, 3.05) is 4.31 Å². The molecule has 0 aromatic heterocycles. The van der Waals surface area contributed by atoms with E-state index in [-0.39, 0.29) is 16.3 Å². The maximum Gasteiger partial charge on any atom is 0.308 e. The number of carbonyl (C=O) groups excluding carboxylic acids is 2. The Balaban J connectivity index is 2.53. The molecule has 7 heteroatoms. The van der Waals surface area contributed by atoms with Crippen molar-refractivity contribution in [1.82, 2.24) is 0 Å². The Hall–Kier alpha value is -2.67. The van der Waals surface area contributed by atoms with Gasteiger partial charge in [0, 0.05) is 13.8 Å². The average molecular weight is 347 g/mol. The lowest BCUT2D eigenvalue weighted by Crippen LogP contribution is -2.35. The van der Waals surface area contributed by atoms with Crippen molar-refractivity contribution in [3.63, 3.8) is 0 Å². The molecule has 0 heterocycles. The zero-order valence-corrected chi connectivity index (χ0v) is 14.3. The van der Waals surface area contributed by atoms with Gasteiger partial charge in [-0.05, 0) is 42.8 Å². The number of benzene rings is 2. The molecule has 24 heavy (non-hydrogen) atoms. The molecule has 0 saturated heterocycles. The number of aryl methyl sites for hydroxylation is 1. The second kappa shape index (κ2) is 6.84. The topological polar surface area (TPSA) is 80.8 Å². The van der Waals surface area contributed by atoms with Crippen molar-refractivity contribution in [3.05, 3.63) is 54.1 Å². The third kappa shape index (κ3) is 3.62. The number of carbonyl (C=O) groups is 2. The summed E-state index contributed by atoms with van der Waals surface area (Å²) in [6.07, 6.45) is 0. The van der Waals surface area contributed by atoms with Gasteiger partial charge in [-0.25, -0.2) is 12.7 Å². The second-order valence-corrected chi connectivity index (χ2v) is 6.93. The molecule has 0 fully saturated rings. The van der Waals surface area contributed by atoms with Gasteiger partial charge in [0.25, 0.3) is 10.0 Å². The second-order valence-electron chi connectivity index (χ2n) is 5.14. The highest BCUT2D eigenvalue weighted by Crippen LogP contribution is 2.29. The molecule has 0 aliphatic heterocycles. The van der Waals surface area contributed by atoms with Gasteiger partial charge in [-0.2, -0.15) is 0 Å². The summed E-state index contributed by atoms with van der Waals surface area (Å²) >= 11 is 0. The van der Waals surface area contributed by atoms with E-state index in [1.165, 1.54) is 44.2 Å². The van der Waals surface area contributed by atoms with Gasteiger partial charge >= 0.3 is 5.97 Å². The van der Waals surface area contributed by atoms with Crippen LogP contribution >= 0.6 is 0 Å². The van der Waals surface area contributed by atoms with Crippen LogP contribution in [0.1, 0.15) is 19.4 Å². The van der Waals surface area contributed by atoms with Crippen LogP contribution in [0.15, 0.2) is 53.4 Å². The van der Waals surface area contributed by atoms with Gasteiger partial charge in [0.2, 0.25) is 5.91 Å². The van der Waals surface area contributed by atoms with Crippen LogP contribution < -0.4 is 9.04 Å². The molecule has 0 aliphatic carbocycles. The number of rotatable bonds is 4. The van der Waals surface area contributed by atoms with Crippen molar-refractivity contribution in [2.45, 2.75) is 25.7 Å². The van der Waals surface area contributed by atoms with E-state index in [1.54, 1.807) is 25.1 Å². The molecule has 0 atom stereocenters. The molecular formula is C17H17NO5S. The Bertz CT molecular complexity index is 875. The van der Waals surface area contributed by atoms with E-state index in [0.717, 1.165) is 4.31 Å². The number of sulfonamides is 1. The van der Waals surface area contributed by atoms with Crippen LogP contribution in [0.25, 0.3) is 0 Å². The fraction of sp³-hybridized carbons (Fsp3) is 0.176. The molecule has 0 N–H and O–H groups in total. The summed E-state index contributed by atoms with van der Waals surface area (Å²) in [5, 5.41) is 0. The van der Waals surface area contributed by atoms with Crippen molar-refractivity contribution in [2.24, 2.45) is 0 Å². The lowest BCUT2D eigenvalue weighted by Gasteiger charge is -2.23. The van der Waals surface area contributed by atoms with Crippen LogP contribution in [-0.4, -0.2) is 20.3 Å². The molecule has 2 rings (SSSR count). The smallest absolute Gasteiger partial charge is 0.308 e. The predicted molar refractivity (Wildman–Crippen MR) is 89.3 cm³/mol. The van der Waals surface area contributed by atoms with Crippen molar-refractivity contribution >= 4 is 27.6 Å². The minimum Gasteiger partial charge on any atom is -0.427 e. The summed E-state index contributed by atoms with van der Waals surface area (Å²) in [6.45, 7) is 4.09. The summed E-state index contributed by atoms with van der Waals surface area (Å²) in [5.74, 6) is -0.839. The lowest BCUT2D eigenvalue weighted by atomic mass is 10.2. The number of ether oxygens (including phenoxy) is 1. The molecule has 0 spiro atoms. The lowest BCUT2D eigenvalue weighted by molar-refractivity contribution is -0.131. The van der Waals surface area contributed by atoms with Gasteiger partial charge in [-0.15, -0.1) is 0 Å². The molecule has 0 bridgehead atoms. The number of hydrogen-bond donors (Lipinski definition) is 0. The summed E-state index contributed by atoms with van der Waals surface area (Å²) in [4.78, 5) is 23.1. The van der Waals surface area contributed by atoms with E-state index >= 15 is 0 Å². The molecule has 0 saturated carbocycles. The van der Waals surface area contributed by atoms with E-state index in [1.807, 2.05) is 0 Å². The predicted octanol–water partition coefficient (Wildman–Crippen LogP) is 2.66. The first-order valence-electron chi connectivity index (χ1n) is 7.13. The largest absolute Gasteiger partial charge is 0.427 e. The Morgan fingerprint density at radius 3 is 2.12 bits per heavy atom. The van der Waals surface area contributed by atoms with Gasteiger partial charge in [0.05, 0.1) is 10.6 Å². The van der Waals surface area contributed by atoms with Gasteiger partial charge < -0.3 is 4.74 Å². The van der Waals surface area contributed by atoms with Crippen molar-refractivity contribution < 1.29 is 22.7 Å². The van der Waals surface area contributed by atoms with Gasteiger partial charge in [-0.3, -0.25) is 9.59 Å². The van der Waals surface area contributed by atoms with E-state index in [2.05, 4.69) is 0 Å². The monoisotopic (exact) mass is 347 g/mol. The molecule has 6 nitrogen and oxygen atoms in total. The standard InChI is InChI=1S/C17H17NO5S/c1-12-11-15(23-14(3)20)9-10-17(12)18(13(2)19)24(21,22)16-7-5-4-6-8-16/h4-11H,1-3H3. The van der Waals surface area contributed by atoms with Crippen LogP contribution in [0.3, 0.4) is 0 Å². The Morgan fingerprint density at radius 1 is 1.00 bits per heavy atom. The van der Waals surface area contributed by atoms with E-state index < -0.39 is 21.9 Å². The third-order valence-corrected chi connectivity index (χ3v) is 5.02. The van der Waals surface area contributed by atoms with Gasteiger partial charge in [-0.1, -0.05) is 18.2 Å². The summed E-state index contributed by atoms with van der Waals surface area (Å²) in [5.41, 5.74) is 0.700. The van der Waals surface area contributed by atoms with Crippen molar-refractivity contribution in [1.29, 1.82) is 0 Å². The summed E-state index contributed by atoms with van der Waals surface area (Å²) in [7, 11) is -4.04.